The van der Waals surface area contributed by atoms with E-state index in [1.807, 2.05) is 0 Å². The topological polar surface area (TPSA) is 6.48 Å². The van der Waals surface area contributed by atoms with Gasteiger partial charge >= 0.3 is 0 Å². The maximum atomic E-state index is 5.61. The highest BCUT2D eigenvalue weighted by Gasteiger charge is 2.25. The zero-order valence-electron chi connectivity index (χ0n) is 6.90. The predicted octanol–water partition coefficient (Wildman–Crippen LogP) is 0.528. The Hall–Kier alpha value is 0.845. The molecular formula is C6H15BN2P2. The zero-order chi connectivity index (χ0) is 8.43. The van der Waals surface area contributed by atoms with E-state index in [-0.39, 0.29) is 0 Å². The van der Waals surface area contributed by atoms with Crippen molar-refractivity contribution in [2.24, 2.45) is 0 Å². The predicted molar refractivity (Wildman–Crippen MR) is 56.6 cm³/mol. The molecule has 1 saturated heterocycles. The number of piperazine rings is 1. The molecule has 0 aliphatic carbocycles. The van der Waals surface area contributed by atoms with Crippen molar-refractivity contribution in [1.82, 2.24) is 9.34 Å². The van der Waals surface area contributed by atoms with E-state index >= 15 is 0 Å². The van der Waals surface area contributed by atoms with Crippen LogP contribution in [0.5, 0.6) is 0 Å². The lowest BCUT2D eigenvalue weighted by molar-refractivity contribution is 0.185. The van der Waals surface area contributed by atoms with Crippen molar-refractivity contribution in [3.8, 4) is 0 Å². The number of hydrogen-bond donors (Lipinski definition) is 0. The van der Waals surface area contributed by atoms with Crippen molar-refractivity contribution >= 4 is 26.6 Å². The van der Waals surface area contributed by atoms with Crippen LogP contribution in [0.4, 0.5) is 0 Å². The monoisotopic (exact) mass is 188 g/mol. The fourth-order valence-corrected chi connectivity index (χ4v) is 2.16. The van der Waals surface area contributed by atoms with Crippen LogP contribution >= 0.6 is 18.8 Å². The van der Waals surface area contributed by atoms with Gasteiger partial charge in [-0.05, 0) is 6.92 Å². The van der Waals surface area contributed by atoms with Gasteiger partial charge in [-0.15, -0.1) is 0 Å². The van der Waals surface area contributed by atoms with Gasteiger partial charge in [0.05, 0.1) is 7.85 Å². The van der Waals surface area contributed by atoms with E-state index in [1.54, 1.807) is 0 Å². The summed E-state index contributed by atoms with van der Waals surface area (Å²) in [7, 11) is 11.1. The Labute approximate surface area is 75.0 Å². The van der Waals surface area contributed by atoms with Crippen LogP contribution in [0.25, 0.3) is 0 Å². The van der Waals surface area contributed by atoms with Crippen LogP contribution in [0.1, 0.15) is 6.92 Å². The van der Waals surface area contributed by atoms with Crippen LogP contribution in [0.2, 0.25) is 6.32 Å². The molecule has 1 rings (SSSR count). The quantitative estimate of drug-likeness (QED) is 0.437. The van der Waals surface area contributed by atoms with E-state index in [0.717, 1.165) is 19.4 Å². The minimum Gasteiger partial charge on any atom is -0.282 e. The molecule has 1 aliphatic heterocycles. The van der Waals surface area contributed by atoms with Crippen molar-refractivity contribution in [3.63, 3.8) is 0 Å². The Bertz CT molecular complexity index is 136. The highest BCUT2D eigenvalue weighted by molar-refractivity contribution is 7.14. The van der Waals surface area contributed by atoms with E-state index in [9.17, 15) is 0 Å². The molecule has 0 aromatic heterocycles. The normalized spacial score (nSPS) is 35.9. The summed E-state index contributed by atoms with van der Waals surface area (Å²) in [6.07, 6.45) is 0.737. The summed E-state index contributed by atoms with van der Waals surface area (Å²) in [6, 6.07) is 1.11. The van der Waals surface area contributed by atoms with E-state index < -0.39 is 0 Å². The fraction of sp³-hybridized carbons (Fsp3) is 1.00. The van der Waals surface area contributed by atoms with Crippen LogP contribution in [-0.2, 0) is 0 Å². The van der Waals surface area contributed by atoms with Gasteiger partial charge in [0.25, 0.3) is 0 Å². The molecule has 2 unspecified atom stereocenters. The first-order valence-corrected chi connectivity index (χ1v) is 4.91. The summed E-state index contributed by atoms with van der Waals surface area (Å²) in [5.74, 6) is 0. The third-order valence-electron chi connectivity index (χ3n) is 2.20. The third-order valence-corrected chi connectivity index (χ3v) is 3.56. The van der Waals surface area contributed by atoms with Gasteiger partial charge in [0, 0.05) is 25.2 Å². The summed E-state index contributed by atoms with van der Waals surface area (Å²) >= 11 is 0. The highest BCUT2D eigenvalue weighted by Crippen LogP contribution is 2.22. The lowest BCUT2D eigenvalue weighted by atomic mass is 9.95. The second-order valence-corrected chi connectivity index (χ2v) is 4.46. The van der Waals surface area contributed by atoms with E-state index in [1.165, 1.54) is 0 Å². The van der Waals surface area contributed by atoms with Crippen molar-refractivity contribution < 1.29 is 0 Å². The van der Waals surface area contributed by atoms with Crippen molar-refractivity contribution in [2.75, 3.05) is 13.1 Å². The van der Waals surface area contributed by atoms with Crippen LogP contribution in [0.3, 0.4) is 0 Å². The SMILES string of the molecule is [B]C[C@H]1CN(P)[C@H](C)CN1P. The Morgan fingerprint density at radius 2 is 2.00 bits per heavy atom. The minimum atomic E-state index is 0.494. The standard InChI is InChI=1S/C6H15BN2P2/c1-5-3-9(11)6(2-7)4-8(5)10/h5-6H,2-4,10-11H2,1H3/t5-,6+/m1/s1. The van der Waals surface area contributed by atoms with Gasteiger partial charge < -0.3 is 0 Å². The summed E-state index contributed by atoms with van der Waals surface area (Å²) in [5.41, 5.74) is 0. The summed E-state index contributed by atoms with van der Waals surface area (Å²) in [5, 5.41) is 0. The van der Waals surface area contributed by atoms with Gasteiger partial charge in [-0.25, -0.2) is 0 Å². The summed E-state index contributed by atoms with van der Waals surface area (Å²) < 4.78 is 4.53. The molecule has 1 heterocycles. The average Bonchev–Trinajstić information content (AvgIpc) is 1.97. The van der Waals surface area contributed by atoms with Gasteiger partial charge in [-0.2, -0.15) is 0 Å². The Balaban J connectivity index is 2.48. The smallest absolute Gasteiger partial charge is 0.0674 e. The number of hydrogen-bond acceptors (Lipinski definition) is 2. The Morgan fingerprint density at radius 3 is 2.55 bits per heavy atom. The molecule has 2 radical (unpaired) electrons. The number of nitrogens with zero attached hydrogens (tertiary/aromatic N) is 2. The van der Waals surface area contributed by atoms with Gasteiger partial charge in [-0.3, -0.25) is 9.34 Å². The zero-order valence-corrected chi connectivity index (χ0v) is 9.21. The lowest BCUT2D eigenvalue weighted by Crippen LogP contribution is -2.49. The van der Waals surface area contributed by atoms with Gasteiger partial charge in [-0.1, -0.05) is 25.1 Å². The molecule has 0 spiro atoms. The van der Waals surface area contributed by atoms with Gasteiger partial charge in [0.2, 0.25) is 0 Å². The molecule has 1 fully saturated rings. The maximum Gasteiger partial charge on any atom is 0.0674 e. The van der Waals surface area contributed by atoms with Crippen molar-refractivity contribution in [3.05, 3.63) is 0 Å². The van der Waals surface area contributed by atoms with Crippen molar-refractivity contribution in [1.29, 1.82) is 0 Å². The molecule has 0 aromatic carbocycles. The Morgan fingerprint density at radius 1 is 1.36 bits per heavy atom. The van der Waals surface area contributed by atoms with E-state index in [4.69, 9.17) is 7.85 Å². The molecule has 0 amide bonds. The molecule has 1 aliphatic rings. The van der Waals surface area contributed by atoms with Crippen molar-refractivity contribution in [2.45, 2.75) is 25.3 Å². The second kappa shape index (κ2) is 4.19. The molecular weight excluding hydrogens is 173 g/mol. The largest absolute Gasteiger partial charge is 0.282 e. The minimum absolute atomic E-state index is 0.494. The molecule has 0 aromatic rings. The highest BCUT2D eigenvalue weighted by atomic mass is 31.0. The van der Waals surface area contributed by atoms with E-state index in [0.29, 0.717) is 12.1 Å². The second-order valence-electron chi connectivity index (χ2n) is 3.13. The molecule has 4 atom stereocenters. The van der Waals surface area contributed by atoms with Crippen LogP contribution in [0.15, 0.2) is 0 Å². The summed E-state index contributed by atoms with van der Waals surface area (Å²) in [4.78, 5) is 0. The first-order valence-electron chi connectivity index (χ1n) is 3.88. The maximum absolute atomic E-state index is 5.61. The molecule has 2 nitrogen and oxygen atoms in total. The molecule has 11 heavy (non-hydrogen) atoms. The molecule has 0 N–H and O–H groups in total. The average molecular weight is 188 g/mol. The third kappa shape index (κ3) is 2.39. The fourth-order valence-electron chi connectivity index (χ4n) is 1.30. The first kappa shape index (κ1) is 9.93. The molecule has 62 valence electrons. The first-order chi connectivity index (χ1) is 5.15. The summed E-state index contributed by atoms with van der Waals surface area (Å²) in [6.45, 7) is 4.35. The Kier molecular flexibility index (Phi) is 3.78. The van der Waals surface area contributed by atoms with Crippen LogP contribution in [0, 0.1) is 0 Å². The lowest BCUT2D eigenvalue weighted by Gasteiger charge is -2.41. The van der Waals surface area contributed by atoms with Crippen LogP contribution < -0.4 is 0 Å². The van der Waals surface area contributed by atoms with Gasteiger partial charge in [0.15, 0.2) is 0 Å². The van der Waals surface area contributed by atoms with Gasteiger partial charge in [0.1, 0.15) is 0 Å². The van der Waals surface area contributed by atoms with E-state index in [2.05, 4.69) is 35.0 Å². The molecule has 0 bridgehead atoms. The molecule has 0 saturated carbocycles. The van der Waals surface area contributed by atoms with Crippen LogP contribution in [-0.4, -0.2) is 42.4 Å². The number of rotatable bonds is 1. The molecule has 5 heteroatoms.